The predicted octanol–water partition coefficient (Wildman–Crippen LogP) is 3.24. The third-order valence-corrected chi connectivity index (χ3v) is 5.88. The molecule has 2 aromatic carbocycles. The molecule has 9 heteroatoms. The molecule has 0 aliphatic rings. The van der Waals surface area contributed by atoms with E-state index in [2.05, 4.69) is 5.32 Å². The maximum Gasteiger partial charge on any atom is 0.271 e. The average molecular weight is 420 g/mol. The van der Waals surface area contributed by atoms with Gasteiger partial charge in [0.1, 0.15) is 6.04 Å². The Labute approximate surface area is 170 Å². The van der Waals surface area contributed by atoms with Crippen molar-refractivity contribution in [2.75, 3.05) is 10.6 Å². The van der Waals surface area contributed by atoms with E-state index in [1.54, 1.807) is 0 Å². The van der Waals surface area contributed by atoms with E-state index in [4.69, 9.17) is 0 Å². The number of hydrogen-bond acceptors (Lipinski definition) is 5. The van der Waals surface area contributed by atoms with E-state index in [0.29, 0.717) is 0 Å². The van der Waals surface area contributed by atoms with Crippen molar-refractivity contribution in [3.63, 3.8) is 0 Å². The Bertz CT molecular complexity index is 1040. The Morgan fingerprint density at radius 3 is 2.34 bits per heavy atom. The quantitative estimate of drug-likeness (QED) is 0.547. The number of anilines is 1. The fourth-order valence-electron chi connectivity index (χ4n) is 3.28. The minimum absolute atomic E-state index is 0.0588. The number of carbonyl (C=O) groups is 1. The number of hydrogen-bond donors (Lipinski definition) is 1. The lowest BCUT2D eigenvalue weighted by atomic mass is 10.00. The molecule has 0 bridgehead atoms. The molecule has 0 aliphatic carbocycles. The number of nitro groups is 1. The van der Waals surface area contributed by atoms with E-state index in [0.717, 1.165) is 33.3 Å². The van der Waals surface area contributed by atoms with Crippen molar-refractivity contribution in [2.45, 2.75) is 39.8 Å². The van der Waals surface area contributed by atoms with Gasteiger partial charge in [-0.2, -0.15) is 0 Å². The second-order valence-corrected chi connectivity index (χ2v) is 8.96. The molecule has 0 aromatic heterocycles. The molecule has 0 unspecified atom stereocenters. The summed E-state index contributed by atoms with van der Waals surface area (Å²) in [6.07, 6.45) is 0.961. The molecule has 0 aliphatic heterocycles. The number of nitrogens with one attached hydrogen (secondary N) is 1. The SMILES string of the molecule is Cc1ccc([C@@H](C)NC(=O)[C@H](C)N(c2cccc([N+](=O)[O-])c2)S(C)(=O)=O)c(C)c1. The minimum Gasteiger partial charge on any atom is -0.348 e. The summed E-state index contributed by atoms with van der Waals surface area (Å²) in [4.78, 5) is 23.3. The van der Waals surface area contributed by atoms with Gasteiger partial charge >= 0.3 is 0 Å². The van der Waals surface area contributed by atoms with Gasteiger partial charge in [-0.1, -0.05) is 29.8 Å². The minimum atomic E-state index is -3.87. The summed E-state index contributed by atoms with van der Waals surface area (Å²) in [6, 6.07) is 9.65. The van der Waals surface area contributed by atoms with Crippen molar-refractivity contribution < 1.29 is 18.1 Å². The molecule has 0 spiro atoms. The molecule has 2 aromatic rings. The third-order valence-electron chi connectivity index (χ3n) is 4.63. The zero-order chi connectivity index (χ0) is 21.9. The first-order valence-corrected chi connectivity index (χ1v) is 10.9. The van der Waals surface area contributed by atoms with E-state index in [-0.39, 0.29) is 17.4 Å². The molecule has 0 saturated heterocycles. The van der Waals surface area contributed by atoms with Gasteiger partial charge in [0.05, 0.1) is 22.9 Å². The van der Waals surface area contributed by atoms with Gasteiger partial charge in [0.25, 0.3) is 5.69 Å². The first kappa shape index (κ1) is 22.4. The summed E-state index contributed by atoms with van der Waals surface area (Å²) in [6.45, 7) is 7.19. The summed E-state index contributed by atoms with van der Waals surface area (Å²) >= 11 is 0. The lowest BCUT2D eigenvalue weighted by Crippen LogP contribution is -2.48. The van der Waals surface area contributed by atoms with Crippen LogP contribution in [0.15, 0.2) is 42.5 Å². The zero-order valence-corrected chi connectivity index (χ0v) is 17.9. The number of non-ortho nitro benzene ring substituents is 1. The highest BCUT2D eigenvalue weighted by Gasteiger charge is 2.30. The number of amides is 1. The number of nitrogens with zero attached hydrogens (tertiary/aromatic N) is 2. The fourth-order valence-corrected chi connectivity index (χ4v) is 4.44. The number of rotatable bonds is 7. The van der Waals surface area contributed by atoms with Gasteiger partial charge in [-0.05, 0) is 44.9 Å². The molecule has 1 N–H and O–H groups in total. The van der Waals surface area contributed by atoms with E-state index in [1.807, 2.05) is 39.0 Å². The van der Waals surface area contributed by atoms with Gasteiger partial charge in [-0.25, -0.2) is 8.42 Å². The van der Waals surface area contributed by atoms with Crippen LogP contribution in [0.4, 0.5) is 11.4 Å². The van der Waals surface area contributed by atoms with Crippen LogP contribution < -0.4 is 9.62 Å². The molecule has 1 amide bonds. The van der Waals surface area contributed by atoms with Crippen LogP contribution >= 0.6 is 0 Å². The number of benzene rings is 2. The monoisotopic (exact) mass is 419 g/mol. The molecule has 2 rings (SSSR count). The molecule has 0 heterocycles. The Morgan fingerprint density at radius 2 is 1.79 bits per heavy atom. The zero-order valence-electron chi connectivity index (χ0n) is 17.0. The maximum atomic E-state index is 12.8. The fraction of sp³-hybridized carbons (Fsp3) is 0.350. The molecule has 29 heavy (non-hydrogen) atoms. The predicted molar refractivity (Wildman–Crippen MR) is 112 cm³/mol. The van der Waals surface area contributed by atoms with Gasteiger partial charge in [0.15, 0.2) is 0 Å². The summed E-state index contributed by atoms with van der Waals surface area (Å²) in [5.74, 6) is -0.505. The van der Waals surface area contributed by atoms with Crippen molar-refractivity contribution in [1.82, 2.24) is 5.32 Å². The topological polar surface area (TPSA) is 110 Å². The molecule has 8 nitrogen and oxygen atoms in total. The Hall–Kier alpha value is -2.94. The second kappa shape index (κ2) is 8.60. The van der Waals surface area contributed by atoms with Crippen molar-refractivity contribution in [2.24, 2.45) is 0 Å². The van der Waals surface area contributed by atoms with Crippen LogP contribution in [-0.4, -0.2) is 31.5 Å². The van der Waals surface area contributed by atoms with Crippen LogP contribution in [0.2, 0.25) is 0 Å². The highest BCUT2D eigenvalue weighted by Crippen LogP contribution is 2.26. The van der Waals surface area contributed by atoms with Gasteiger partial charge in [-0.3, -0.25) is 19.2 Å². The first-order valence-electron chi connectivity index (χ1n) is 9.03. The average Bonchev–Trinajstić information content (AvgIpc) is 2.60. The molecule has 0 saturated carbocycles. The van der Waals surface area contributed by atoms with Crippen LogP contribution in [0.5, 0.6) is 0 Å². The lowest BCUT2D eigenvalue weighted by Gasteiger charge is -2.29. The summed E-state index contributed by atoms with van der Waals surface area (Å²) in [7, 11) is -3.87. The maximum absolute atomic E-state index is 12.8. The van der Waals surface area contributed by atoms with Crippen molar-refractivity contribution in [3.8, 4) is 0 Å². The van der Waals surface area contributed by atoms with Gasteiger partial charge in [0.2, 0.25) is 15.9 Å². The van der Waals surface area contributed by atoms with Gasteiger partial charge < -0.3 is 5.32 Å². The Balaban J connectivity index is 2.32. The Morgan fingerprint density at radius 1 is 1.14 bits per heavy atom. The molecule has 0 radical (unpaired) electrons. The number of aryl methyl sites for hydroxylation is 2. The standard InChI is InChI=1S/C20H25N3O5S/c1-13-9-10-19(14(2)11-13)15(3)21-20(24)16(4)22(29(5,27)28)17-7-6-8-18(12-17)23(25)26/h6-12,15-16H,1-5H3,(H,21,24)/t15-,16+/m1/s1. The van der Waals surface area contributed by atoms with E-state index in [1.165, 1.54) is 25.1 Å². The normalized spacial score (nSPS) is 13.4. The summed E-state index contributed by atoms with van der Waals surface area (Å²) in [5.41, 5.74) is 2.85. The lowest BCUT2D eigenvalue weighted by molar-refractivity contribution is -0.384. The second-order valence-electron chi connectivity index (χ2n) is 7.10. The van der Waals surface area contributed by atoms with Crippen LogP contribution in [0.1, 0.15) is 36.6 Å². The molecular formula is C20H25N3O5S. The first-order chi connectivity index (χ1) is 13.4. The van der Waals surface area contributed by atoms with Gasteiger partial charge in [-0.15, -0.1) is 0 Å². The van der Waals surface area contributed by atoms with Crippen molar-refractivity contribution in [1.29, 1.82) is 0 Å². The molecule has 0 fully saturated rings. The number of sulfonamides is 1. The summed E-state index contributed by atoms with van der Waals surface area (Å²) in [5, 5.41) is 13.9. The van der Waals surface area contributed by atoms with Crippen LogP contribution in [-0.2, 0) is 14.8 Å². The van der Waals surface area contributed by atoms with Crippen LogP contribution in [0.3, 0.4) is 0 Å². The number of carbonyl (C=O) groups excluding carboxylic acids is 1. The smallest absolute Gasteiger partial charge is 0.271 e. The highest BCUT2D eigenvalue weighted by molar-refractivity contribution is 7.92. The molecule has 156 valence electrons. The Kier molecular flexibility index (Phi) is 6.63. The molecule has 2 atom stereocenters. The van der Waals surface area contributed by atoms with Crippen molar-refractivity contribution in [3.05, 3.63) is 69.3 Å². The largest absolute Gasteiger partial charge is 0.348 e. The van der Waals surface area contributed by atoms with E-state index in [9.17, 15) is 23.3 Å². The van der Waals surface area contributed by atoms with Crippen molar-refractivity contribution >= 4 is 27.3 Å². The van der Waals surface area contributed by atoms with Crippen LogP contribution in [0.25, 0.3) is 0 Å². The van der Waals surface area contributed by atoms with E-state index < -0.39 is 26.9 Å². The van der Waals surface area contributed by atoms with E-state index >= 15 is 0 Å². The molecular weight excluding hydrogens is 394 g/mol. The number of nitro benzene ring substituents is 1. The van der Waals surface area contributed by atoms with Crippen LogP contribution in [0, 0.1) is 24.0 Å². The highest BCUT2D eigenvalue weighted by atomic mass is 32.2. The summed E-state index contributed by atoms with van der Waals surface area (Å²) < 4.78 is 25.7. The van der Waals surface area contributed by atoms with Gasteiger partial charge in [0, 0.05) is 12.1 Å². The third kappa shape index (κ3) is 5.32.